The topological polar surface area (TPSA) is 77.7 Å². The number of nitrogens with zero attached hydrogens (tertiary/aromatic N) is 3. The molecule has 7 nitrogen and oxygen atoms in total. The van der Waals surface area contributed by atoms with Gasteiger partial charge in [0.1, 0.15) is 11.5 Å². The lowest BCUT2D eigenvalue weighted by Gasteiger charge is -2.23. The zero-order valence-corrected chi connectivity index (χ0v) is 18.4. The predicted molar refractivity (Wildman–Crippen MR) is 119 cm³/mol. The van der Waals surface area contributed by atoms with Gasteiger partial charge in [-0.05, 0) is 67.1 Å². The van der Waals surface area contributed by atoms with Crippen molar-refractivity contribution >= 4 is 5.91 Å². The van der Waals surface area contributed by atoms with E-state index in [1.54, 1.807) is 14.2 Å². The average Bonchev–Trinajstić information content (AvgIpc) is 3.29. The molecule has 0 radical (unpaired) electrons. The Morgan fingerprint density at radius 3 is 2.34 bits per heavy atom. The fourth-order valence-electron chi connectivity index (χ4n) is 4.59. The number of methoxy groups -OCH3 is 2. The fourth-order valence-corrected chi connectivity index (χ4v) is 4.59. The number of aromatic nitrogens is 2. The zero-order chi connectivity index (χ0) is 22.1. The van der Waals surface area contributed by atoms with Crippen LogP contribution >= 0.6 is 0 Å². The third-order valence-electron chi connectivity index (χ3n) is 6.65. The number of carbonyl (C=O) groups excluding carboxylic acids is 1. The molecule has 5 rings (SSSR count). The Morgan fingerprint density at radius 1 is 1.06 bits per heavy atom. The van der Waals surface area contributed by atoms with Gasteiger partial charge in [-0.25, -0.2) is 0 Å². The van der Waals surface area contributed by atoms with E-state index in [9.17, 15) is 4.79 Å². The molecule has 32 heavy (non-hydrogen) atoms. The van der Waals surface area contributed by atoms with E-state index in [4.69, 9.17) is 14.0 Å². The minimum atomic E-state index is -0.352. The van der Waals surface area contributed by atoms with E-state index >= 15 is 0 Å². The number of likely N-dealkylation sites (tertiary alicyclic amines) is 1. The van der Waals surface area contributed by atoms with Crippen molar-refractivity contribution in [2.24, 2.45) is 5.92 Å². The first kappa shape index (κ1) is 20.5. The maximum atomic E-state index is 13.4. The molecule has 0 spiro atoms. The second-order valence-electron chi connectivity index (χ2n) is 8.66. The monoisotopic (exact) mass is 433 g/mol. The van der Waals surface area contributed by atoms with Crippen molar-refractivity contribution < 1.29 is 18.8 Å². The number of hydrogen-bond donors (Lipinski definition) is 0. The molecule has 2 aliphatic rings. The van der Waals surface area contributed by atoms with Crippen LogP contribution in [0.15, 0.2) is 53.1 Å². The lowest BCUT2D eigenvalue weighted by molar-refractivity contribution is -0.133. The highest BCUT2D eigenvalue weighted by atomic mass is 16.5. The predicted octanol–water partition coefficient (Wildman–Crippen LogP) is 3.88. The van der Waals surface area contributed by atoms with Gasteiger partial charge in [0.05, 0.1) is 19.6 Å². The van der Waals surface area contributed by atoms with E-state index in [1.165, 1.54) is 0 Å². The summed E-state index contributed by atoms with van der Waals surface area (Å²) in [6.45, 7) is 1.52. The molecule has 1 unspecified atom stereocenters. The molecule has 2 heterocycles. The molecule has 1 atom stereocenters. The summed E-state index contributed by atoms with van der Waals surface area (Å²) in [6.07, 6.45) is 3.49. The highest BCUT2D eigenvalue weighted by Gasteiger charge is 2.53. The smallest absolute Gasteiger partial charge is 0.257 e. The number of benzene rings is 2. The summed E-state index contributed by atoms with van der Waals surface area (Å²) < 4.78 is 15.9. The Labute approximate surface area is 187 Å². The summed E-state index contributed by atoms with van der Waals surface area (Å²) in [4.78, 5) is 19.9. The van der Waals surface area contributed by atoms with Crippen molar-refractivity contribution in [3.63, 3.8) is 0 Å². The largest absolute Gasteiger partial charge is 0.497 e. The van der Waals surface area contributed by atoms with E-state index in [0.717, 1.165) is 55.0 Å². The van der Waals surface area contributed by atoms with Crippen molar-refractivity contribution in [3.8, 4) is 23.0 Å². The number of ether oxygens (including phenoxy) is 2. The number of rotatable bonds is 7. The van der Waals surface area contributed by atoms with Gasteiger partial charge in [0.15, 0.2) is 5.82 Å². The number of hydrogen-bond acceptors (Lipinski definition) is 6. The third kappa shape index (κ3) is 3.83. The third-order valence-corrected chi connectivity index (χ3v) is 6.65. The van der Waals surface area contributed by atoms with Crippen molar-refractivity contribution in [2.75, 3.05) is 27.3 Å². The van der Waals surface area contributed by atoms with E-state index in [1.807, 2.05) is 53.4 Å². The highest BCUT2D eigenvalue weighted by molar-refractivity contribution is 5.91. The summed E-state index contributed by atoms with van der Waals surface area (Å²) in [5, 5.41) is 4.16. The van der Waals surface area contributed by atoms with Crippen LogP contribution in [-0.2, 0) is 16.6 Å². The minimum absolute atomic E-state index is 0.247. The second kappa shape index (κ2) is 8.30. The van der Waals surface area contributed by atoms with Gasteiger partial charge in [-0.2, -0.15) is 4.98 Å². The van der Waals surface area contributed by atoms with Gasteiger partial charge in [0, 0.05) is 25.1 Å². The Bertz CT molecular complexity index is 1090. The lowest BCUT2D eigenvalue weighted by Crippen LogP contribution is -2.38. The van der Waals surface area contributed by atoms with Gasteiger partial charge in [-0.1, -0.05) is 17.3 Å². The maximum absolute atomic E-state index is 13.4. The molecule has 1 aliphatic carbocycles. The molecule has 1 aromatic heterocycles. The molecule has 7 heteroatoms. The Morgan fingerprint density at radius 2 is 1.72 bits per heavy atom. The van der Waals surface area contributed by atoms with Crippen LogP contribution in [0.5, 0.6) is 11.5 Å². The van der Waals surface area contributed by atoms with Gasteiger partial charge < -0.3 is 18.9 Å². The minimum Gasteiger partial charge on any atom is -0.497 e. The van der Waals surface area contributed by atoms with E-state index in [0.29, 0.717) is 24.1 Å². The zero-order valence-electron chi connectivity index (χ0n) is 18.4. The van der Waals surface area contributed by atoms with Crippen LogP contribution in [0.3, 0.4) is 0 Å². The molecular weight excluding hydrogens is 406 g/mol. The summed E-state index contributed by atoms with van der Waals surface area (Å²) in [7, 11) is 3.29. The van der Waals surface area contributed by atoms with Crippen molar-refractivity contribution in [1.29, 1.82) is 0 Å². The lowest BCUT2D eigenvalue weighted by atomic mass is 9.94. The molecule has 1 saturated heterocycles. The normalized spacial score (nSPS) is 19.1. The SMILES string of the molecule is COc1ccc(-c2nc(CC3CCN(C(=O)C4(c5ccc(OC)cc5)CC4)C3)no2)cc1. The van der Waals surface area contributed by atoms with Crippen molar-refractivity contribution in [1.82, 2.24) is 15.0 Å². The molecule has 1 saturated carbocycles. The highest BCUT2D eigenvalue weighted by Crippen LogP contribution is 2.50. The van der Waals surface area contributed by atoms with Gasteiger partial charge in [-0.3, -0.25) is 4.79 Å². The Hall–Kier alpha value is -3.35. The molecule has 166 valence electrons. The van der Waals surface area contributed by atoms with E-state index in [2.05, 4.69) is 10.1 Å². The van der Waals surface area contributed by atoms with E-state index in [-0.39, 0.29) is 11.3 Å². The van der Waals surface area contributed by atoms with E-state index < -0.39 is 0 Å². The first-order valence-corrected chi connectivity index (χ1v) is 11.0. The second-order valence-corrected chi connectivity index (χ2v) is 8.66. The average molecular weight is 434 g/mol. The maximum Gasteiger partial charge on any atom is 0.257 e. The van der Waals surface area contributed by atoms with Crippen molar-refractivity contribution in [3.05, 3.63) is 59.9 Å². The first-order valence-electron chi connectivity index (χ1n) is 11.0. The summed E-state index contributed by atoms with van der Waals surface area (Å²) >= 11 is 0. The van der Waals surface area contributed by atoms with Crippen LogP contribution in [-0.4, -0.2) is 48.3 Å². The molecule has 1 amide bonds. The number of carbonyl (C=O) groups is 1. The summed E-state index contributed by atoms with van der Waals surface area (Å²) in [5.74, 6) is 3.38. The fraction of sp³-hybridized carbons (Fsp3) is 0.400. The molecule has 2 aromatic carbocycles. The van der Waals surface area contributed by atoms with Crippen LogP contribution in [0, 0.1) is 5.92 Å². The summed E-state index contributed by atoms with van der Waals surface area (Å²) in [5.41, 5.74) is 1.60. The standard InChI is InChI=1S/C25H27N3O4/c1-30-20-7-3-18(4-8-20)23-26-22(27-32-23)15-17-11-14-28(16-17)24(29)25(12-13-25)19-5-9-21(31-2)10-6-19/h3-10,17H,11-16H2,1-2H3. The van der Waals surface area contributed by atoms with Gasteiger partial charge in [0.2, 0.25) is 5.91 Å². The molecule has 1 aliphatic heterocycles. The molecule has 2 fully saturated rings. The summed E-state index contributed by atoms with van der Waals surface area (Å²) in [6, 6.07) is 15.5. The first-order chi connectivity index (χ1) is 15.6. The molecule has 3 aromatic rings. The van der Waals surface area contributed by atoms with Crippen LogP contribution in [0.4, 0.5) is 0 Å². The Kier molecular flexibility index (Phi) is 5.33. The Balaban J connectivity index is 1.21. The van der Waals surface area contributed by atoms with Crippen molar-refractivity contribution in [2.45, 2.75) is 31.1 Å². The number of amides is 1. The van der Waals surface area contributed by atoms with Crippen LogP contribution in [0.1, 0.15) is 30.7 Å². The molecule has 0 N–H and O–H groups in total. The van der Waals surface area contributed by atoms with Gasteiger partial charge >= 0.3 is 0 Å². The quantitative estimate of drug-likeness (QED) is 0.563. The van der Waals surface area contributed by atoms with Crippen LogP contribution in [0.25, 0.3) is 11.5 Å². The van der Waals surface area contributed by atoms with Gasteiger partial charge in [0.25, 0.3) is 5.89 Å². The van der Waals surface area contributed by atoms with Gasteiger partial charge in [-0.15, -0.1) is 0 Å². The molecular formula is C25H27N3O4. The van der Waals surface area contributed by atoms with Crippen LogP contribution in [0.2, 0.25) is 0 Å². The van der Waals surface area contributed by atoms with Crippen LogP contribution < -0.4 is 9.47 Å². The molecule has 0 bridgehead atoms.